The molecule has 3 aromatic rings. The maximum Gasteiger partial charge on any atom is 0.371 e. The van der Waals surface area contributed by atoms with E-state index >= 15 is 0 Å². The zero-order valence-electron chi connectivity index (χ0n) is 16.4. The molecule has 0 saturated heterocycles. The number of carbonyl (C=O) groups excluding carboxylic acids is 1. The van der Waals surface area contributed by atoms with E-state index in [-0.39, 0.29) is 17.3 Å². The molecule has 0 saturated carbocycles. The van der Waals surface area contributed by atoms with Crippen molar-refractivity contribution in [3.63, 3.8) is 0 Å². The van der Waals surface area contributed by atoms with Crippen molar-refractivity contribution in [2.45, 2.75) is 25.3 Å². The van der Waals surface area contributed by atoms with Crippen molar-refractivity contribution in [3.05, 3.63) is 83.6 Å². The first-order valence-corrected chi connectivity index (χ1v) is 10.7. The fourth-order valence-electron chi connectivity index (χ4n) is 2.96. The SMILES string of the molecule is Cc1ccc(COC(=O)C2=NN(c3ccc(C)cc3)c3ncccc3S2(=O)=O)cc1. The van der Waals surface area contributed by atoms with E-state index in [1.165, 1.54) is 23.3 Å². The van der Waals surface area contributed by atoms with Gasteiger partial charge in [-0.05, 0) is 43.7 Å². The number of rotatable bonds is 4. The predicted octanol–water partition coefficient (Wildman–Crippen LogP) is 3.68. The molecule has 1 aliphatic heterocycles. The minimum absolute atomic E-state index is 0.0575. The van der Waals surface area contributed by atoms with Gasteiger partial charge in [0.25, 0.3) is 5.04 Å². The van der Waals surface area contributed by atoms with Crippen LogP contribution in [-0.2, 0) is 26.0 Å². The molecule has 152 valence electrons. The van der Waals surface area contributed by atoms with Crippen LogP contribution in [0.5, 0.6) is 0 Å². The Morgan fingerprint density at radius 2 is 1.60 bits per heavy atom. The van der Waals surface area contributed by atoms with Crippen LogP contribution in [0.2, 0.25) is 0 Å². The number of esters is 1. The first kappa shape index (κ1) is 19.8. The highest BCUT2D eigenvalue weighted by molar-refractivity contribution is 8.08. The highest BCUT2D eigenvalue weighted by atomic mass is 32.2. The lowest BCUT2D eigenvalue weighted by molar-refractivity contribution is -0.136. The number of carbonyl (C=O) groups is 1. The maximum absolute atomic E-state index is 13.0. The Morgan fingerprint density at radius 3 is 2.27 bits per heavy atom. The first-order valence-electron chi connectivity index (χ1n) is 9.24. The summed E-state index contributed by atoms with van der Waals surface area (Å²) in [5, 5.41) is 4.80. The number of pyridine rings is 1. The number of hydrogen-bond donors (Lipinski definition) is 0. The molecule has 0 N–H and O–H groups in total. The van der Waals surface area contributed by atoms with E-state index in [2.05, 4.69) is 10.1 Å². The van der Waals surface area contributed by atoms with Gasteiger partial charge in [-0.25, -0.2) is 23.2 Å². The molecule has 1 aromatic heterocycles. The lowest BCUT2D eigenvalue weighted by Crippen LogP contribution is -2.34. The normalized spacial score (nSPS) is 14.6. The quantitative estimate of drug-likeness (QED) is 0.597. The number of aryl methyl sites for hydroxylation is 2. The Bertz CT molecular complexity index is 1230. The summed E-state index contributed by atoms with van der Waals surface area (Å²) in [4.78, 5) is 16.8. The summed E-state index contributed by atoms with van der Waals surface area (Å²) in [5.41, 5.74) is 3.44. The minimum atomic E-state index is -4.17. The number of nitrogens with zero attached hydrogens (tertiary/aromatic N) is 3. The van der Waals surface area contributed by atoms with Gasteiger partial charge in [0, 0.05) is 6.20 Å². The second-order valence-corrected chi connectivity index (χ2v) is 8.78. The molecule has 0 amide bonds. The number of hydrazone groups is 1. The van der Waals surface area contributed by atoms with E-state index < -0.39 is 20.9 Å². The summed E-state index contributed by atoms with van der Waals surface area (Å²) in [6, 6.07) is 17.6. The average molecular weight is 421 g/mol. The molecule has 0 spiro atoms. The average Bonchev–Trinajstić information content (AvgIpc) is 2.74. The van der Waals surface area contributed by atoms with Crippen molar-refractivity contribution < 1.29 is 17.9 Å². The van der Waals surface area contributed by atoms with Crippen molar-refractivity contribution in [2.75, 3.05) is 5.01 Å². The highest BCUT2D eigenvalue weighted by Gasteiger charge is 2.39. The Morgan fingerprint density at radius 1 is 0.967 bits per heavy atom. The van der Waals surface area contributed by atoms with Crippen LogP contribution in [0.3, 0.4) is 0 Å². The molecule has 2 aromatic carbocycles. The van der Waals surface area contributed by atoms with Gasteiger partial charge >= 0.3 is 5.97 Å². The molecular weight excluding hydrogens is 402 g/mol. The van der Waals surface area contributed by atoms with E-state index in [0.29, 0.717) is 5.69 Å². The molecule has 0 unspecified atom stereocenters. The molecule has 8 heteroatoms. The van der Waals surface area contributed by atoms with Gasteiger partial charge < -0.3 is 4.74 Å². The number of benzene rings is 2. The van der Waals surface area contributed by atoms with Crippen molar-refractivity contribution in [1.29, 1.82) is 0 Å². The third-order valence-electron chi connectivity index (χ3n) is 4.63. The van der Waals surface area contributed by atoms with E-state index in [1.807, 2.05) is 50.2 Å². The second-order valence-electron chi connectivity index (χ2n) is 6.94. The van der Waals surface area contributed by atoms with E-state index in [9.17, 15) is 13.2 Å². The van der Waals surface area contributed by atoms with E-state index in [1.54, 1.807) is 12.1 Å². The number of fused-ring (bicyclic) bond motifs is 1. The molecule has 2 heterocycles. The second kappa shape index (κ2) is 7.72. The number of hydrogen-bond acceptors (Lipinski definition) is 7. The summed E-state index contributed by atoms with van der Waals surface area (Å²) in [6.07, 6.45) is 1.48. The zero-order valence-corrected chi connectivity index (χ0v) is 17.3. The van der Waals surface area contributed by atoms with Crippen LogP contribution in [0, 0.1) is 13.8 Å². The van der Waals surface area contributed by atoms with Crippen LogP contribution < -0.4 is 5.01 Å². The lowest BCUT2D eigenvalue weighted by Gasteiger charge is -2.25. The van der Waals surface area contributed by atoms with E-state index in [0.717, 1.165) is 16.7 Å². The molecule has 0 aliphatic carbocycles. The summed E-state index contributed by atoms with van der Waals surface area (Å²) in [7, 11) is -4.17. The number of ether oxygens (including phenoxy) is 1. The van der Waals surface area contributed by atoms with Gasteiger partial charge in [-0.15, -0.1) is 5.10 Å². The summed E-state index contributed by atoms with van der Waals surface area (Å²) < 4.78 is 31.3. The highest BCUT2D eigenvalue weighted by Crippen LogP contribution is 2.35. The molecule has 30 heavy (non-hydrogen) atoms. The van der Waals surface area contributed by atoms with Crippen molar-refractivity contribution in [3.8, 4) is 0 Å². The third-order valence-corrected chi connectivity index (χ3v) is 6.29. The van der Waals surface area contributed by atoms with Crippen molar-refractivity contribution in [1.82, 2.24) is 4.98 Å². The van der Waals surface area contributed by atoms with Gasteiger partial charge in [-0.3, -0.25) is 0 Å². The lowest BCUT2D eigenvalue weighted by atomic mass is 10.2. The molecule has 0 fully saturated rings. The zero-order chi connectivity index (χ0) is 21.3. The summed E-state index contributed by atoms with van der Waals surface area (Å²) >= 11 is 0. The Kier molecular flexibility index (Phi) is 5.09. The number of sulfone groups is 1. The molecule has 0 bridgehead atoms. The van der Waals surface area contributed by atoms with Crippen LogP contribution in [-0.4, -0.2) is 24.4 Å². The van der Waals surface area contributed by atoms with Crippen LogP contribution >= 0.6 is 0 Å². The minimum Gasteiger partial charge on any atom is -0.456 e. The molecule has 0 radical (unpaired) electrons. The largest absolute Gasteiger partial charge is 0.456 e. The fourth-order valence-corrected chi connectivity index (χ4v) is 4.27. The Hall–Kier alpha value is -3.52. The molecular formula is C22H19N3O4S. The molecule has 0 atom stereocenters. The first-order chi connectivity index (χ1) is 14.4. The van der Waals surface area contributed by atoms with Crippen molar-refractivity contribution in [2.24, 2.45) is 5.10 Å². The van der Waals surface area contributed by atoms with Crippen LogP contribution in [0.4, 0.5) is 11.5 Å². The fraction of sp³-hybridized carbons (Fsp3) is 0.136. The van der Waals surface area contributed by atoms with Gasteiger partial charge in [-0.2, -0.15) is 0 Å². The molecule has 4 rings (SSSR count). The van der Waals surface area contributed by atoms with Gasteiger partial charge in [0.05, 0.1) is 5.69 Å². The maximum atomic E-state index is 13.0. The van der Waals surface area contributed by atoms with Crippen molar-refractivity contribution >= 4 is 32.4 Å². The monoisotopic (exact) mass is 421 g/mol. The predicted molar refractivity (Wildman–Crippen MR) is 113 cm³/mol. The smallest absolute Gasteiger partial charge is 0.371 e. The van der Waals surface area contributed by atoms with Gasteiger partial charge in [0.15, 0.2) is 5.82 Å². The van der Waals surface area contributed by atoms with Crippen LogP contribution in [0.1, 0.15) is 16.7 Å². The van der Waals surface area contributed by atoms with Gasteiger partial charge in [0.1, 0.15) is 11.5 Å². The van der Waals surface area contributed by atoms with Crippen LogP contribution in [0.15, 0.2) is 76.9 Å². The van der Waals surface area contributed by atoms with E-state index in [4.69, 9.17) is 4.74 Å². The number of anilines is 2. The topological polar surface area (TPSA) is 88.9 Å². The van der Waals surface area contributed by atoms with Gasteiger partial charge in [-0.1, -0.05) is 47.5 Å². The summed E-state index contributed by atoms with van der Waals surface area (Å²) in [6.45, 7) is 3.83. The third kappa shape index (κ3) is 3.69. The Labute approximate surface area is 174 Å². The standard InChI is InChI=1S/C22H19N3O4S/c1-15-5-9-17(10-6-15)14-29-22(26)21-24-25(18-11-7-16(2)8-12-18)20-19(30(21,27)28)4-3-13-23-20/h3-13H,14H2,1-2H3. The Balaban J connectivity index is 1.71. The summed E-state index contributed by atoms with van der Waals surface area (Å²) in [5.74, 6) is -0.876. The van der Waals surface area contributed by atoms with Gasteiger partial charge in [0.2, 0.25) is 9.84 Å². The van der Waals surface area contributed by atoms with Crippen LogP contribution in [0.25, 0.3) is 0 Å². The molecule has 7 nitrogen and oxygen atoms in total. The number of aromatic nitrogens is 1. The molecule has 1 aliphatic rings.